The number of halogens is 2. The number of anilines is 2. The van der Waals surface area contributed by atoms with Gasteiger partial charge in [0.2, 0.25) is 12.6 Å². The van der Waals surface area contributed by atoms with Crippen molar-refractivity contribution in [3.8, 4) is 17.0 Å². The van der Waals surface area contributed by atoms with Crippen molar-refractivity contribution < 1.29 is 18.3 Å². The Bertz CT molecular complexity index is 1280. The predicted octanol–water partition coefficient (Wildman–Crippen LogP) is 5.14. The molecule has 0 bridgehead atoms. The lowest BCUT2D eigenvalue weighted by atomic mass is 10.1. The first-order valence-corrected chi connectivity index (χ1v) is 9.37. The summed E-state index contributed by atoms with van der Waals surface area (Å²) < 4.78 is 36.2. The van der Waals surface area contributed by atoms with Gasteiger partial charge in [0.05, 0.1) is 11.2 Å². The Hall–Kier alpha value is -3.87. The van der Waals surface area contributed by atoms with E-state index in [1.165, 1.54) is 12.1 Å². The molecule has 0 fully saturated rings. The van der Waals surface area contributed by atoms with Crippen LogP contribution in [0.15, 0.2) is 60.7 Å². The lowest BCUT2D eigenvalue weighted by molar-refractivity contribution is -0.105. The van der Waals surface area contributed by atoms with Crippen LogP contribution in [0.1, 0.15) is 11.8 Å². The van der Waals surface area contributed by atoms with E-state index in [0.717, 1.165) is 33.9 Å². The molecule has 5 nitrogen and oxygen atoms in total. The van der Waals surface area contributed by atoms with Gasteiger partial charge in [-0.25, -0.2) is 8.78 Å². The van der Waals surface area contributed by atoms with Crippen LogP contribution in [0.5, 0.6) is 5.75 Å². The highest BCUT2D eigenvalue weighted by Gasteiger charge is 2.30. The van der Waals surface area contributed by atoms with Crippen LogP contribution < -0.4 is 15.4 Å². The van der Waals surface area contributed by atoms with Gasteiger partial charge in [0.15, 0.2) is 0 Å². The lowest BCUT2D eigenvalue weighted by Crippen LogP contribution is -2.22. The van der Waals surface area contributed by atoms with Crippen LogP contribution in [0.3, 0.4) is 0 Å². The molecule has 0 saturated carbocycles. The monoisotopic (exact) mass is 405 g/mol. The van der Waals surface area contributed by atoms with Gasteiger partial charge in [-0.2, -0.15) is 0 Å². The lowest BCUT2D eigenvalue weighted by Gasteiger charge is -2.30. The van der Waals surface area contributed by atoms with Gasteiger partial charge in [-0.15, -0.1) is 0 Å². The average molecular weight is 405 g/mol. The Kier molecular flexibility index (Phi) is 4.17. The molecule has 0 saturated heterocycles. The molecule has 30 heavy (non-hydrogen) atoms. The number of ether oxygens (including phenoxy) is 1. The molecule has 0 aliphatic carbocycles. The number of aromatic nitrogens is 1. The molecule has 150 valence electrons. The fourth-order valence-corrected chi connectivity index (χ4v) is 3.95. The van der Waals surface area contributed by atoms with E-state index in [9.17, 15) is 13.6 Å². The van der Waals surface area contributed by atoms with Gasteiger partial charge in [-0.05, 0) is 48.5 Å². The Morgan fingerprint density at radius 3 is 2.47 bits per heavy atom. The summed E-state index contributed by atoms with van der Waals surface area (Å²) in [5, 5.41) is 6.59. The molecule has 2 N–H and O–H groups in total. The molecular weight excluding hydrogens is 388 g/mol. The van der Waals surface area contributed by atoms with Crippen LogP contribution >= 0.6 is 0 Å². The molecule has 7 heteroatoms. The van der Waals surface area contributed by atoms with E-state index >= 15 is 0 Å². The normalized spacial score (nSPS) is 14.6. The zero-order valence-electron chi connectivity index (χ0n) is 15.9. The minimum absolute atomic E-state index is 0.363. The minimum atomic E-state index is -0.757. The van der Waals surface area contributed by atoms with E-state index in [-0.39, 0.29) is 0 Å². The Morgan fingerprint density at radius 1 is 0.967 bits per heavy atom. The van der Waals surface area contributed by atoms with Crippen molar-refractivity contribution in [1.29, 1.82) is 0 Å². The summed E-state index contributed by atoms with van der Waals surface area (Å²) in [6.07, 6.45) is -0.139. The number of nitrogens with zero attached hydrogens (tertiary/aromatic N) is 1. The molecule has 0 spiro atoms. The molecule has 1 amide bonds. The molecule has 3 aromatic carbocycles. The first kappa shape index (κ1) is 18.2. The van der Waals surface area contributed by atoms with E-state index in [1.807, 2.05) is 48.0 Å². The number of nitrogens with one attached hydrogen (secondary N) is 2. The summed E-state index contributed by atoms with van der Waals surface area (Å²) in [7, 11) is 1.81. The van der Waals surface area contributed by atoms with E-state index in [0.29, 0.717) is 23.4 Å². The maximum Gasteiger partial charge on any atom is 0.211 e. The first-order valence-electron chi connectivity index (χ1n) is 9.37. The molecule has 1 aliphatic rings. The Morgan fingerprint density at radius 2 is 1.73 bits per heavy atom. The van der Waals surface area contributed by atoms with Gasteiger partial charge >= 0.3 is 0 Å². The second kappa shape index (κ2) is 6.88. The van der Waals surface area contributed by atoms with Crippen molar-refractivity contribution in [2.24, 2.45) is 0 Å². The molecule has 5 rings (SSSR count). The minimum Gasteiger partial charge on any atom is -0.465 e. The van der Waals surface area contributed by atoms with E-state index in [1.54, 1.807) is 6.07 Å². The van der Waals surface area contributed by atoms with Gasteiger partial charge in [0, 0.05) is 47.1 Å². The topological polar surface area (TPSA) is 55.3 Å². The van der Waals surface area contributed by atoms with Gasteiger partial charge in [-0.1, -0.05) is 0 Å². The molecule has 1 aliphatic heterocycles. The van der Waals surface area contributed by atoms with Crippen LogP contribution in [0.25, 0.3) is 22.2 Å². The highest BCUT2D eigenvalue weighted by atomic mass is 19.1. The summed E-state index contributed by atoms with van der Waals surface area (Å²) in [5.74, 6) is -0.726. The van der Waals surface area contributed by atoms with Gasteiger partial charge in [0.25, 0.3) is 0 Å². The zero-order valence-corrected chi connectivity index (χ0v) is 15.9. The number of fused-ring (bicyclic) bond motifs is 5. The number of carbonyl (C=O) groups is 1. The van der Waals surface area contributed by atoms with Crippen molar-refractivity contribution in [2.75, 3.05) is 17.7 Å². The molecule has 0 radical (unpaired) electrons. The fraction of sp³-hybridized carbons (Fsp3) is 0.0870. The Balaban J connectivity index is 1.78. The van der Waals surface area contributed by atoms with Crippen molar-refractivity contribution in [2.45, 2.75) is 6.23 Å². The summed E-state index contributed by atoms with van der Waals surface area (Å²) >= 11 is 0. The Labute approximate surface area is 170 Å². The quantitative estimate of drug-likeness (QED) is 0.463. The van der Waals surface area contributed by atoms with Crippen LogP contribution in [0, 0.1) is 11.6 Å². The predicted molar refractivity (Wildman–Crippen MR) is 112 cm³/mol. The highest BCUT2D eigenvalue weighted by molar-refractivity contribution is 5.92. The summed E-state index contributed by atoms with van der Waals surface area (Å²) in [6.45, 7) is 0. The summed E-state index contributed by atoms with van der Waals surface area (Å²) in [6, 6.07) is 16.6. The van der Waals surface area contributed by atoms with Crippen LogP contribution in [0.4, 0.5) is 20.2 Å². The van der Waals surface area contributed by atoms with Gasteiger partial charge in [-0.3, -0.25) is 4.79 Å². The second-order valence-electron chi connectivity index (χ2n) is 7.07. The second-order valence-corrected chi connectivity index (χ2v) is 7.07. The average Bonchev–Trinajstić information content (AvgIpc) is 3.11. The van der Waals surface area contributed by atoms with Crippen molar-refractivity contribution in [3.05, 3.63) is 77.9 Å². The number of benzene rings is 3. The summed E-state index contributed by atoms with van der Waals surface area (Å²) in [4.78, 5) is 10.8. The van der Waals surface area contributed by atoms with E-state index in [4.69, 9.17) is 4.74 Å². The van der Waals surface area contributed by atoms with Crippen molar-refractivity contribution in [1.82, 2.24) is 4.57 Å². The number of rotatable bonds is 4. The van der Waals surface area contributed by atoms with Crippen molar-refractivity contribution >= 4 is 28.7 Å². The summed E-state index contributed by atoms with van der Waals surface area (Å²) in [5.41, 5.74) is 4.41. The maximum atomic E-state index is 14.0. The van der Waals surface area contributed by atoms with Crippen molar-refractivity contribution in [3.63, 3.8) is 0 Å². The third kappa shape index (κ3) is 2.86. The van der Waals surface area contributed by atoms with Gasteiger partial charge in [0.1, 0.15) is 17.4 Å². The molecule has 2 heterocycles. The van der Waals surface area contributed by atoms with E-state index < -0.39 is 17.9 Å². The van der Waals surface area contributed by atoms with Gasteiger partial charge < -0.3 is 19.9 Å². The fourth-order valence-electron chi connectivity index (χ4n) is 3.95. The molecule has 1 atom stereocenters. The third-order valence-corrected chi connectivity index (χ3v) is 5.25. The third-order valence-electron chi connectivity index (χ3n) is 5.25. The standard InChI is InChI=1S/C23H17F2N3O2/c1-26-17-2-4-19-21-9-13-8-18(27-12-29)3-5-20(13)28(21)23(30-22(19)11-17)14-6-15(24)10-16(25)7-14/h2-12,23,26H,1H3,(H,27,29). The SMILES string of the molecule is CNc1ccc2c(c1)OC(c1cc(F)cc(F)c1)n1c-2cc2cc(NC=O)ccc21. The highest BCUT2D eigenvalue weighted by Crippen LogP contribution is 2.45. The molecule has 4 aromatic rings. The van der Waals surface area contributed by atoms with E-state index in [2.05, 4.69) is 10.6 Å². The maximum absolute atomic E-state index is 14.0. The van der Waals surface area contributed by atoms with Crippen LogP contribution in [0.2, 0.25) is 0 Å². The van der Waals surface area contributed by atoms with Crippen LogP contribution in [-0.2, 0) is 4.79 Å². The largest absolute Gasteiger partial charge is 0.465 e. The number of hydrogen-bond acceptors (Lipinski definition) is 3. The number of carbonyl (C=O) groups excluding carboxylic acids is 1. The molecular formula is C23H17F2N3O2. The number of amides is 1. The molecule has 1 aromatic heterocycles. The van der Waals surface area contributed by atoms with Crippen LogP contribution in [-0.4, -0.2) is 18.0 Å². The molecule has 1 unspecified atom stereocenters. The smallest absolute Gasteiger partial charge is 0.211 e. The first-order chi connectivity index (χ1) is 14.6. The zero-order chi connectivity index (χ0) is 20.8. The number of hydrogen-bond donors (Lipinski definition) is 2.